The summed E-state index contributed by atoms with van der Waals surface area (Å²) in [6, 6.07) is 0. The summed E-state index contributed by atoms with van der Waals surface area (Å²) in [4.78, 5) is 33.4. The standard InChI is InChI=1S/C22H40O7/c1-2-3-4-5-6-7-8-9-10-11-12-13-14-15-16-29-21(27)22(28,17-19(23)24)18-20(25)26/h28H,2-18H2,1H3,(H,23,24)(H,25,26). The van der Waals surface area contributed by atoms with Gasteiger partial charge < -0.3 is 20.1 Å². The van der Waals surface area contributed by atoms with Crippen LogP contribution in [-0.4, -0.2) is 45.4 Å². The van der Waals surface area contributed by atoms with Gasteiger partial charge in [0, 0.05) is 0 Å². The number of rotatable bonds is 20. The number of hydrogen-bond donors (Lipinski definition) is 3. The zero-order valence-corrected chi connectivity index (χ0v) is 18.0. The van der Waals surface area contributed by atoms with Crippen molar-refractivity contribution in [2.24, 2.45) is 0 Å². The Bertz CT molecular complexity index is 446. The van der Waals surface area contributed by atoms with Crippen molar-refractivity contribution in [2.45, 2.75) is 115 Å². The van der Waals surface area contributed by atoms with Gasteiger partial charge in [0.2, 0.25) is 0 Å². The van der Waals surface area contributed by atoms with E-state index in [2.05, 4.69) is 6.92 Å². The lowest BCUT2D eigenvalue weighted by Gasteiger charge is -2.22. The van der Waals surface area contributed by atoms with Gasteiger partial charge in [-0.15, -0.1) is 0 Å². The molecule has 170 valence electrons. The van der Waals surface area contributed by atoms with Crippen molar-refractivity contribution in [1.29, 1.82) is 0 Å². The first kappa shape index (κ1) is 27.4. The van der Waals surface area contributed by atoms with Crippen LogP contribution in [0.3, 0.4) is 0 Å². The van der Waals surface area contributed by atoms with Gasteiger partial charge in [-0.3, -0.25) is 9.59 Å². The molecule has 0 aliphatic rings. The lowest BCUT2D eigenvalue weighted by Crippen LogP contribution is -2.44. The first-order chi connectivity index (χ1) is 13.8. The van der Waals surface area contributed by atoms with Crippen molar-refractivity contribution in [2.75, 3.05) is 6.61 Å². The Labute approximate surface area is 174 Å². The molecule has 0 aromatic rings. The molecule has 7 heteroatoms. The van der Waals surface area contributed by atoms with E-state index >= 15 is 0 Å². The second kappa shape index (κ2) is 17.2. The first-order valence-electron chi connectivity index (χ1n) is 11.1. The number of carbonyl (C=O) groups excluding carboxylic acids is 1. The quantitative estimate of drug-likeness (QED) is 0.194. The van der Waals surface area contributed by atoms with Crippen molar-refractivity contribution >= 4 is 17.9 Å². The molecule has 0 aliphatic heterocycles. The fourth-order valence-electron chi connectivity index (χ4n) is 3.30. The number of aliphatic carboxylic acids is 2. The van der Waals surface area contributed by atoms with Gasteiger partial charge in [-0.2, -0.15) is 0 Å². The highest BCUT2D eigenvalue weighted by Crippen LogP contribution is 2.19. The van der Waals surface area contributed by atoms with E-state index in [4.69, 9.17) is 14.9 Å². The van der Waals surface area contributed by atoms with Crippen molar-refractivity contribution in [3.63, 3.8) is 0 Å². The number of esters is 1. The molecule has 0 aromatic carbocycles. The molecule has 0 saturated heterocycles. The highest BCUT2D eigenvalue weighted by molar-refractivity contribution is 5.89. The van der Waals surface area contributed by atoms with Gasteiger partial charge in [-0.05, 0) is 6.42 Å². The minimum atomic E-state index is -2.52. The molecule has 0 unspecified atom stereocenters. The molecule has 0 aromatic heterocycles. The number of ether oxygens (including phenoxy) is 1. The smallest absolute Gasteiger partial charge is 0.339 e. The van der Waals surface area contributed by atoms with Gasteiger partial charge in [0.1, 0.15) is 0 Å². The fraction of sp³-hybridized carbons (Fsp3) is 0.864. The summed E-state index contributed by atoms with van der Waals surface area (Å²) in [5.74, 6) is -4.10. The summed E-state index contributed by atoms with van der Waals surface area (Å²) in [6.45, 7) is 2.29. The summed E-state index contributed by atoms with van der Waals surface area (Å²) >= 11 is 0. The minimum absolute atomic E-state index is 0.0540. The van der Waals surface area contributed by atoms with Gasteiger partial charge in [0.15, 0.2) is 5.60 Å². The van der Waals surface area contributed by atoms with Crippen LogP contribution in [0.2, 0.25) is 0 Å². The van der Waals surface area contributed by atoms with Crippen LogP contribution >= 0.6 is 0 Å². The number of carboxylic acids is 2. The molecule has 0 aliphatic carbocycles. The monoisotopic (exact) mass is 416 g/mol. The Kier molecular flexibility index (Phi) is 16.3. The van der Waals surface area contributed by atoms with Crippen LogP contribution in [0.15, 0.2) is 0 Å². The Hall–Kier alpha value is -1.63. The maximum Gasteiger partial charge on any atom is 0.339 e. The normalized spacial score (nSPS) is 11.4. The molecule has 0 radical (unpaired) electrons. The Morgan fingerprint density at radius 2 is 1.00 bits per heavy atom. The van der Waals surface area contributed by atoms with Gasteiger partial charge in [-0.1, -0.05) is 90.4 Å². The van der Waals surface area contributed by atoms with Crippen molar-refractivity contribution < 1.29 is 34.4 Å². The summed E-state index contributed by atoms with van der Waals surface area (Å²) in [6.07, 6.45) is 14.8. The topological polar surface area (TPSA) is 121 Å². The predicted octanol–water partition coefficient (Wildman–Crippen LogP) is 4.69. The van der Waals surface area contributed by atoms with Crippen LogP contribution in [-0.2, 0) is 19.1 Å². The third-order valence-corrected chi connectivity index (χ3v) is 5.00. The highest BCUT2D eigenvalue weighted by atomic mass is 16.5. The van der Waals surface area contributed by atoms with Gasteiger partial charge in [-0.25, -0.2) is 4.79 Å². The molecular formula is C22H40O7. The van der Waals surface area contributed by atoms with E-state index in [9.17, 15) is 19.5 Å². The van der Waals surface area contributed by atoms with Crippen molar-refractivity contribution in [3.8, 4) is 0 Å². The van der Waals surface area contributed by atoms with E-state index in [1.54, 1.807) is 0 Å². The number of aliphatic hydroxyl groups is 1. The zero-order chi connectivity index (χ0) is 22.0. The number of carbonyl (C=O) groups is 3. The molecule has 0 atom stereocenters. The molecule has 3 N–H and O–H groups in total. The molecule has 0 spiro atoms. The third kappa shape index (κ3) is 15.9. The molecular weight excluding hydrogens is 376 g/mol. The van der Waals surface area contributed by atoms with E-state index in [1.807, 2.05) is 0 Å². The Balaban J connectivity index is 3.65. The van der Waals surface area contributed by atoms with Gasteiger partial charge in [0.25, 0.3) is 0 Å². The minimum Gasteiger partial charge on any atom is -0.481 e. The molecule has 29 heavy (non-hydrogen) atoms. The molecule has 0 bridgehead atoms. The maximum atomic E-state index is 11.9. The van der Waals surface area contributed by atoms with Crippen LogP contribution in [0, 0.1) is 0 Å². The number of carboxylic acid groups (broad SMARTS) is 2. The van der Waals surface area contributed by atoms with Crippen molar-refractivity contribution in [1.82, 2.24) is 0 Å². The predicted molar refractivity (Wildman–Crippen MR) is 111 cm³/mol. The summed E-state index contributed by atoms with van der Waals surface area (Å²) in [7, 11) is 0. The average molecular weight is 417 g/mol. The summed E-state index contributed by atoms with van der Waals surface area (Å²) in [5.41, 5.74) is -2.52. The second-order valence-electron chi connectivity index (χ2n) is 7.90. The maximum absolute atomic E-state index is 11.9. The van der Waals surface area contributed by atoms with E-state index in [1.165, 1.54) is 64.2 Å². The fourth-order valence-corrected chi connectivity index (χ4v) is 3.30. The molecule has 7 nitrogen and oxygen atoms in total. The zero-order valence-electron chi connectivity index (χ0n) is 18.0. The summed E-state index contributed by atoms with van der Waals surface area (Å²) < 4.78 is 4.90. The van der Waals surface area contributed by atoms with Crippen LogP contribution in [0.4, 0.5) is 0 Å². The van der Waals surface area contributed by atoms with E-state index in [-0.39, 0.29) is 6.61 Å². The van der Waals surface area contributed by atoms with E-state index in [0.29, 0.717) is 6.42 Å². The van der Waals surface area contributed by atoms with Crippen molar-refractivity contribution in [3.05, 3.63) is 0 Å². The van der Waals surface area contributed by atoms with Gasteiger partial charge >= 0.3 is 17.9 Å². The highest BCUT2D eigenvalue weighted by Gasteiger charge is 2.42. The first-order valence-corrected chi connectivity index (χ1v) is 11.1. The van der Waals surface area contributed by atoms with Gasteiger partial charge in [0.05, 0.1) is 19.4 Å². The lowest BCUT2D eigenvalue weighted by molar-refractivity contribution is -0.175. The largest absolute Gasteiger partial charge is 0.481 e. The van der Waals surface area contributed by atoms with E-state index in [0.717, 1.165) is 19.3 Å². The molecule has 0 saturated carbocycles. The Morgan fingerprint density at radius 1 is 0.655 bits per heavy atom. The molecule has 0 heterocycles. The number of hydrogen-bond acceptors (Lipinski definition) is 5. The molecule has 0 fully saturated rings. The second-order valence-corrected chi connectivity index (χ2v) is 7.90. The average Bonchev–Trinajstić information content (AvgIpc) is 2.63. The Morgan fingerprint density at radius 3 is 1.34 bits per heavy atom. The third-order valence-electron chi connectivity index (χ3n) is 5.00. The van der Waals surface area contributed by atoms with Crippen LogP contribution in [0.25, 0.3) is 0 Å². The van der Waals surface area contributed by atoms with Crippen LogP contribution < -0.4 is 0 Å². The number of unbranched alkanes of at least 4 members (excludes halogenated alkanes) is 13. The summed E-state index contributed by atoms with van der Waals surface area (Å²) in [5, 5.41) is 27.5. The lowest BCUT2D eigenvalue weighted by atomic mass is 9.96. The van der Waals surface area contributed by atoms with Crippen LogP contribution in [0.1, 0.15) is 110 Å². The SMILES string of the molecule is CCCCCCCCCCCCCCCCOC(=O)C(O)(CC(=O)O)CC(=O)O. The van der Waals surface area contributed by atoms with E-state index < -0.39 is 36.4 Å². The van der Waals surface area contributed by atoms with Crippen LogP contribution in [0.5, 0.6) is 0 Å². The molecule has 0 rings (SSSR count). The molecule has 0 amide bonds.